The molecule has 0 bridgehead atoms. The van der Waals surface area contributed by atoms with Gasteiger partial charge in [0.2, 0.25) is 11.8 Å². The second-order valence-corrected chi connectivity index (χ2v) is 8.62. The second-order valence-electron chi connectivity index (χ2n) is 7.20. The maximum atomic E-state index is 13.0. The summed E-state index contributed by atoms with van der Waals surface area (Å²) in [5.74, 6) is 0.468. The van der Waals surface area contributed by atoms with Crippen molar-refractivity contribution in [3.63, 3.8) is 0 Å². The van der Waals surface area contributed by atoms with Crippen molar-refractivity contribution in [2.24, 2.45) is 0 Å². The average Bonchev–Trinajstić information content (AvgIpc) is 3.15. The summed E-state index contributed by atoms with van der Waals surface area (Å²) < 4.78 is 5.28. The fraction of sp³-hybridized carbons (Fsp3) is 0.286. The number of hydrogen-bond acceptors (Lipinski definition) is 8. The number of nitrogens with zero attached hydrogens (tertiary/aromatic N) is 3. The Morgan fingerprint density at radius 3 is 2.61 bits per heavy atom. The number of nitrogens with one attached hydrogen (secondary N) is 2. The highest BCUT2D eigenvalue weighted by Gasteiger charge is 2.19. The van der Waals surface area contributed by atoms with Gasteiger partial charge in [0.05, 0.1) is 23.4 Å². The summed E-state index contributed by atoms with van der Waals surface area (Å²) in [6.45, 7) is 2.54. The van der Waals surface area contributed by atoms with Crippen molar-refractivity contribution in [2.75, 3.05) is 29.9 Å². The summed E-state index contributed by atoms with van der Waals surface area (Å²) in [7, 11) is 0. The van der Waals surface area contributed by atoms with E-state index < -0.39 is 0 Å². The van der Waals surface area contributed by atoms with Gasteiger partial charge in [0.15, 0.2) is 0 Å². The molecule has 4 rings (SSSR count). The number of hydrogen-bond donors (Lipinski definition) is 3. The van der Waals surface area contributed by atoms with Crippen LogP contribution in [0.5, 0.6) is 0 Å². The van der Waals surface area contributed by atoms with Gasteiger partial charge in [0, 0.05) is 30.2 Å². The highest BCUT2D eigenvalue weighted by Crippen LogP contribution is 2.27. The first-order valence-electron chi connectivity index (χ1n) is 9.86. The Morgan fingerprint density at radius 1 is 1.19 bits per heavy atom. The monoisotopic (exact) mass is 458 g/mol. The van der Waals surface area contributed by atoms with Crippen molar-refractivity contribution < 1.29 is 9.21 Å². The van der Waals surface area contributed by atoms with Gasteiger partial charge in [-0.25, -0.2) is 0 Å². The van der Waals surface area contributed by atoms with E-state index in [2.05, 4.69) is 20.8 Å². The van der Waals surface area contributed by atoms with E-state index in [0.717, 1.165) is 29.2 Å². The Kier molecular flexibility index (Phi) is 6.96. The third-order valence-corrected chi connectivity index (χ3v) is 6.33. The lowest BCUT2D eigenvalue weighted by Crippen LogP contribution is -2.51. The standard InChI is InChI=1S/C21H23ClN6O2S/c22-17-3-1-2-4-18(17)31-13-20(29)28(12-19-26-27-21(23)30-19)11-14-5-7-15(8-6-14)25-16-9-24-10-16/h1-8,16,24-25H,9-13H2,(H2,23,27). The molecule has 1 aliphatic rings. The molecular weight excluding hydrogens is 436 g/mol. The van der Waals surface area contributed by atoms with Gasteiger partial charge in [-0.15, -0.1) is 16.9 Å². The molecule has 31 heavy (non-hydrogen) atoms. The Hall–Kier alpha value is -2.75. The highest BCUT2D eigenvalue weighted by atomic mass is 35.5. The van der Waals surface area contributed by atoms with Crippen molar-refractivity contribution in [2.45, 2.75) is 24.0 Å². The number of amides is 1. The summed E-state index contributed by atoms with van der Waals surface area (Å²) in [5.41, 5.74) is 7.60. The van der Waals surface area contributed by atoms with Crippen LogP contribution in [-0.2, 0) is 17.9 Å². The van der Waals surface area contributed by atoms with Crippen LogP contribution in [0.25, 0.3) is 0 Å². The number of halogens is 1. The summed E-state index contributed by atoms with van der Waals surface area (Å²) >= 11 is 7.61. The summed E-state index contributed by atoms with van der Waals surface area (Å²) in [5, 5.41) is 14.9. The fourth-order valence-corrected chi connectivity index (χ4v) is 4.21. The minimum atomic E-state index is -0.0653. The second kappa shape index (κ2) is 10.0. The minimum absolute atomic E-state index is 0.0197. The third kappa shape index (κ3) is 5.90. The SMILES string of the molecule is Nc1nnc(CN(Cc2ccc(NC3CNC3)cc2)C(=O)CSc2ccccc2Cl)o1. The van der Waals surface area contributed by atoms with E-state index in [1.807, 2.05) is 48.5 Å². The van der Waals surface area contributed by atoms with E-state index in [1.54, 1.807) is 4.90 Å². The molecule has 2 heterocycles. The van der Waals surface area contributed by atoms with Gasteiger partial charge < -0.3 is 25.7 Å². The molecule has 8 nitrogen and oxygen atoms in total. The van der Waals surface area contributed by atoms with Crippen LogP contribution in [0, 0.1) is 0 Å². The van der Waals surface area contributed by atoms with Crippen molar-refractivity contribution >= 4 is 41.0 Å². The van der Waals surface area contributed by atoms with Crippen LogP contribution in [-0.4, -0.2) is 45.9 Å². The smallest absolute Gasteiger partial charge is 0.312 e. The predicted molar refractivity (Wildman–Crippen MR) is 122 cm³/mol. The largest absolute Gasteiger partial charge is 0.406 e. The topological polar surface area (TPSA) is 109 Å². The van der Waals surface area contributed by atoms with E-state index in [4.69, 9.17) is 21.8 Å². The molecule has 0 aliphatic carbocycles. The van der Waals surface area contributed by atoms with Crippen LogP contribution in [0.3, 0.4) is 0 Å². The molecule has 1 fully saturated rings. The van der Waals surface area contributed by atoms with Gasteiger partial charge in [0.25, 0.3) is 0 Å². The van der Waals surface area contributed by atoms with Gasteiger partial charge in [-0.3, -0.25) is 4.79 Å². The first-order valence-corrected chi connectivity index (χ1v) is 11.2. The van der Waals surface area contributed by atoms with Gasteiger partial charge in [-0.2, -0.15) is 0 Å². The molecule has 1 amide bonds. The van der Waals surface area contributed by atoms with Crippen LogP contribution in [0.15, 0.2) is 57.8 Å². The zero-order valence-corrected chi connectivity index (χ0v) is 18.3. The van der Waals surface area contributed by atoms with E-state index in [1.165, 1.54) is 11.8 Å². The molecule has 1 aliphatic heterocycles. The maximum Gasteiger partial charge on any atom is 0.312 e. The molecule has 4 N–H and O–H groups in total. The Morgan fingerprint density at radius 2 is 1.97 bits per heavy atom. The normalized spacial score (nSPS) is 13.6. The molecule has 1 saturated heterocycles. The molecular formula is C21H23ClN6O2S. The van der Waals surface area contributed by atoms with Crippen LogP contribution in [0.1, 0.15) is 11.5 Å². The van der Waals surface area contributed by atoms with Crippen LogP contribution < -0.4 is 16.4 Å². The minimum Gasteiger partial charge on any atom is -0.406 e. The van der Waals surface area contributed by atoms with Crippen LogP contribution in [0.4, 0.5) is 11.7 Å². The molecule has 2 aromatic carbocycles. The summed E-state index contributed by atoms with van der Waals surface area (Å²) in [6.07, 6.45) is 0. The summed E-state index contributed by atoms with van der Waals surface area (Å²) in [6, 6.07) is 16.0. The third-order valence-electron chi connectivity index (χ3n) is 4.83. The number of nitrogens with two attached hydrogens (primary N) is 1. The number of carbonyl (C=O) groups is 1. The fourth-order valence-electron chi connectivity index (χ4n) is 3.07. The van der Waals surface area contributed by atoms with Gasteiger partial charge in [-0.1, -0.05) is 41.0 Å². The van der Waals surface area contributed by atoms with E-state index in [-0.39, 0.29) is 24.2 Å². The molecule has 0 radical (unpaired) electrons. The van der Waals surface area contributed by atoms with E-state index in [9.17, 15) is 4.79 Å². The highest BCUT2D eigenvalue weighted by molar-refractivity contribution is 8.00. The first kappa shape index (κ1) is 21.5. The molecule has 3 aromatic rings. The van der Waals surface area contributed by atoms with Crippen molar-refractivity contribution in [3.8, 4) is 0 Å². The Bertz CT molecular complexity index is 1020. The number of thioether (sulfide) groups is 1. The summed E-state index contributed by atoms with van der Waals surface area (Å²) in [4.78, 5) is 15.6. The number of carbonyl (C=O) groups excluding carboxylic acids is 1. The number of rotatable bonds is 9. The van der Waals surface area contributed by atoms with Crippen LogP contribution >= 0.6 is 23.4 Å². The molecule has 0 saturated carbocycles. The van der Waals surface area contributed by atoms with Crippen molar-refractivity contribution in [3.05, 3.63) is 65.0 Å². The predicted octanol–water partition coefficient (Wildman–Crippen LogP) is 3.01. The lowest BCUT2D eigenvalue weighted by atomic mass is 10.1. The van der Waals surface area contributed by atoms with Crippen molar-refractivity contribution in [1.82, 2.24) is 20.4 Å². The lowest BCUT2D eigenvalue weighted by Gasteiger charge is -2.29. The lowest BCUT2D eigenvalue weighted by molar-refractivity contribution is -0.129. The number of nitrogen functional groups attached to an aromatic ring is 1. The first-order chi connectivity index (χ1) is 15.1. The zero-order valence-electron chi connectivity index (χ0n) is 16.8. The zero-order chi connectivity index (χ0) is 21.6. The maximum absolute atomic E-state index is 13.0. The van der Waals surface area contributed by atoms with Gasteiger partial charge in [0.1, 0.15) is 0 Å². The molecule has 0 spiro atoms. The quantitative estimate of drug-likeness (QED) is 0.420. The van der Waals surface area contributed by atoms with Gasteiger partial charge >= 0.3 is 6.01 Å². The average molecular weight is 459 g/mol. The van der Waals surface area contributed by atoms with E-state index in [0.29, 0.717) is 23.5 Å². The van der Waals surface area contributed by atoms with Gasteiger partial charge in [-0.05, 0) is 29.8 Å². The molecule has 0 atom stereocenters. The van der Waals surface area contributed by atoms with Crippen LogP contribution in [0.2, 0.25) is 5.02 Å². The number of anilines is 2. The molecule has 0 unspecified atom stereocenters. The van der Waals surface area contributed by atoms with Crippen molar-refractivity contribution in [1.29, 1.82) is 0 Å². The molecule has 10 heteroatoms. The Balaban J connectivity index is 1.42. The number of benzene rings is 2. The van der Waals surface area contributed by atoms with E-state index >= 15 is 0 Å². The Labute approximate surface area is 189 Å². The number of aromatic nitrogens is 2. The molecule has 1 aromatic heterocycles. The molecule has 162 valence electrons.